The average molecular weight is 604 g/mol. The number of nitrogens with zero attached hydrogens (tertiary/aromatic N) is 3. The summed E-state index contributed by atoms with van der Waals surface area (Å²) in [5.74, 6) is -4.58. The molecule has 1 aromatic heterocycles. The molecular formula is C30H36F3N5O5. The molecule has 2 aliphatic rings. The number of halogens is 3. The number of urea groups is 1. The second-order valence-electron chi connectivity index (χ2n) is 11.2. The normalized spacial score (nSPS) is 21.7. The number of ether oxygens (including phenoxy) is 4. The van der Waals surface area contributed by atoms with Gasteiger partial charge in [0.1, 0.15) is 18.5 Å². The van der Waals surface area contributed by atoms with Crippen molar-refractivity contribution in [3.63, 3.8) is 0 Å². The van der Waals surface area contributed by atoms with Gasteiger partial charge in [0.25, 0.3) is 0 Å². The van der Waals surface area contributed by atoms with Crippen LogP contribution < -0.4 is 15.4 Å². The highest BCUT2D eigenvalue weighted by atomic mass is 19.2. The van der Waals surface area contributed by atoms with Crippen LogP contribution in [0.2, 0.25) is 0 Å². The van der Waals surface area contributed by atoms with Gasteiger partial charge in [-0.05, 0) is 50.6 Å². The lowest BCUT2D eigenvalue weighted by Crippen LogP contribution is -2.42. The first-order valence-corrected chi connectivity index (χ1v) is 14.1. The number of rotatable bonds is 10. The topological polar surface area (TPSA) is 99.1 Å². The number of likely N-dealkylation sites (tertiary alicyclic amines) is 1. The highest BCUT2D eigenvalue weighted by molar-refractivity contribution is 5.90. The standard InChI is InChI=1S/C30H36F3N5O5/c1-18-27(38(20-8-6-5-7-9-20)36-28(18)41-16-21-17-42-30(2,3)43-21)35-29(39)34-25-15-37(10-11-40-4)14-22(25)19-12-23(31)26(33)24(32)13-19/h5-9,12-13,21-22,25H,10-11,14-17H2,1-4H3,(H2,34,35,39)/t21-,22+,25-/m1/s1. The Hall–Kier alpha value is -3.65. The first kappa shape index (κ1) is 30.8. The Morgan fingerprint density at radius 3 is 2.51 bits per heavy atom. The van der Waals surface area contributed by atoms with Gasteiger partial charge < -0.3 is 24.3 Å². The lowest BCUT2D eigenvalue weighted by molar-refractivity contribution is -0.141. The molecule has 2 aliphatic heterocycles. The molecule has 0 radical (unpaired) electrons. The van der Waals surface area contributed by atoms with Crippen molar-refractivity contribution in [3.8, 4) is 11.6 Å². The van der Waals surface area contributed by atoms with Crippen LogP contribution in [0.25, 0.3) is 5.69 Å². The zero-order valence-electron chi connectivity index (χ0n) is 24.5. The molecular weight excluding hydrogens is 567 g/mol. The number of hydrogen-bond donors (Lipinski definition) is 2. The Balaban J connectivity index is 1.36. The Morgan fingerprint density at radius 2 is 1.86 bits per heavy atom. The largest absolute Gasteiger partial charge is 0.473 e. The van der Waals surface area contributed by atoms with E-state index in [-0.39, 0.29) is 18.3 Å². The molecule has 5 rings (SSSR count). The maximum absolute atomic E-state index is 14.1. The molecule has 0 bridgehead atoms. The fourth-order valence-electron chi connectivity index (χ4n) is 5.41. The maximum atomic E-state index is 14.1. The van der Waals surface area contributed by atoms with Crippen molar-refractivity contribution in [1.82, 2.24) is 20.0 Å². The van der Waals surface area contributed by atoms with E-state index in [0.29, 0.717) is 55.8 Å². The molecule has 10 nitrogen and oxygen atoms in total. The van der Waals surface area contributed by atoms with Crippen molar-refractivity contribution in [2.45, 2.75) is 44.6 Å². The second-order valence-corrected chi connectivity index (χ2v) is 11.2. The molecule has 3 aromatic rings. The summed E-state index contributed by atoms with van der Waals surface area (Å²) >= 11 is 0. The Kier molecular flexibility index (Phi) is 9.25. The van der Waals surface area contributed by atoms with Crippen LogP contribution in [0.3, 0.4) is 0 Å². The van der Waals surface area contributed by atoms with Gasteiger partial charge in [-0.3, -0.25) is 10.2 Å². The van der Waals surface area contributed by atoms with E-state index < -0.39 is 41.2 Å². The zero-order chi connectivity index (χ0) is 30.7. The van der Waals surface area contributed by atoms with Crippen molar-refractivity contribution in [2.75, 3.05) is 51.9 Å². The summed E-state index contributed by atoms with van der Waals surface area (Å²) < 4.78 is 66.2. The number of hydrogen-bond acceptors (Lipinski definition) is 7. The number of carbonyl (C=O) groups excluding carboxylic acids is 1. The maximum Gasteiger partial charge on any atom is 0.320 e. The van der Waals surface area contributed by atoms with Crippen LogP contribution in [0.1, 0.15) is 30.9 Å². The molecule has 13 heteroatoms. The smallest absolute Gasteiger partial charge is 0.320 e. The van der Waals surface area contributed by atoms with E-state index in [2.05, 4.69) is 15.7 Å². The summed E-state index contributed by atoms with van der Waals surface area (Å²) in [6.07, 6.45) is -0.280. The van der Waals surface area contributed by atoms with E-state index in [1.165, 1.54) is 0 Å². The molecule has 2 amide bonds. The van der Waals surface area contributed by atoms with E-state index in [9.17, 15) is 18.0 Å². The predicted molar refractivity (Wildman–Crippen MR) is 152 cm³/mol. The van der Waals surface area contributed by atoms with Gasteiger partial charge in [-0.15, -0.1) is 5.10 Å². The summed E-state index contributed by atoms with van der Waals surface area (Å²) in [6, 6.07) is 10.1. The average Bonchev–Trinajstić information content (AvgIpc) is 3.64. The Morgan fingerprint density at radius 1 is 1.14 bits per heavy atom. The molecule has 3 atom stereocenters. The Labute approximate surface area is 248 Å². The van der Waals surface area contributed by atoms with Crippen molar-refractivity contribution in [3.05, 3.63) is 71.0 Å². The molecule has 0 unspecified atom stereocenters. The number of para-hydroxylation sites is 1. The van der Waals surface area contributed by atoms with Gasteiger partial charge >= 0.3 is 6.03 Å². The van der Waals surface area contributed by atoms with E-state index in [1.54, 1.807) is 18.7 Å². The fraction of sp³-hybridized carbons (Fsp3) is 0.467. The molecule has 2 N–H and O–H groups in total. The molecule has 43 heavy (non-hydrogen) atoms. The summed E-state index contributed by atoms with van der Waals surface area (Å²) in [5.41, 5.74) is 1.53. The van der Waals surface area contributed by atoms with Crippen LogP contribution in [0.15, 0.2) is 42.5 Å². The molecule has 2 aromatic carbocycles. The molecule has 3 heterocycles. The van der Waals surface area contributed by atoms with Gasteiger partial charge in [-0.25, -0.2) is 22.6 Å². The third-order valence-corrected chi connectivity index (χ3v) is 7.54. The summed E-state index contributed by atoms with van der Waals surface area (Å²) in [6.45, 7) is 7.79. The SMILES string of the molecule is COCCN1C[C@@H](NC(=O)Nc2c(C)c(OC[C@@H]3COC(C)(C)O3)nn2-c2ccccc2)[C@H](c2cc(F)c(F)c(F)c2)C1. The third kappa shape index (κ3) is 7.12. The molecule has 0 aliphatic carbocycles. The van der Waals surface area contributed by atoms with Gasteiger partial charge in [0.05, 0.1) is 30.5 Å². The minimum atomic E-state index is -1.53. The van der Waals surface area contributed by atoms with Crippen LogP contribution in [-0.4, -0.2) is 85.2 Å². The quantitative estimate of drug-likeness (QED) is 0.332. The van der Waals surface area contributed by atoms with Gasteiger partial charge in [-0.1, -0.05) is 18.2 Å². The van der Waals surface area contributed by atoms with Crippen LogP contribution >= 0.6 is 0 Å². The minimum absolute atomic E-state index is 0.202. The first-order chi connectivity index (χ1) is 20.5. The number of methoxy groups -OCH3 is 1. The fourth-order valence-corrected chi connectivity index (χ4v) is 5.41. The van der Waals surface area contributed by atoms with E-state index in [0.717, 1.165) is 12.1 Å². The molecule has 2 fully saturated rings. The number of anilines is 1. The van der Waals surface area contributed by atoms with E-state index >= 15 is 0 Å². The van der Waals surface area contributed by atoms with Gasteiger partial charge in [0, 0.05) is 32.7 Å². The van der Waals surface area contributed by atoms with Gasteiger partial charge in [0.2, 0.25) is 5.88 Å². The van der Waals surface area contributed by atoms with Gasteiger partial charge in [-0.2, -0.15) is 0 Å². The van der Waals surface area contributed by atoms with Crippen LogP contribution in [0.5, 0.6) is 5.88 Å². The number of aromatic nitrogens is 2. The predicted octanol–water partition coefficient (Wildman–Crippen LogP) is 4.36. The first-order valence-electron chi connectivity index (χ1n) is 14.1. The highest BCUT2D eigenvalue weighted by Crippen LogP contribution is 2.32. The van der Waals surface area contributed by atoms with Gasteiger partial charge in [0.15, 0.2) is 23.2 Å². The van der Waals surface area contributed by atoms with E-state index in [1.807, 2.05) is 49.1 Å². The number of benzene rings is 2. The van der Waals surface area contributed by atoms with Crippen molar-refractivity contribution < 1.29 is 36.9 Å². The molecule has 2 saturated heterocycles. The third-order valence-electron chi connectivity index (χ3n) is 7.54. The zero-order valence-corrected chi connectivity index (χ0v) is 24.5. The summed E-state index contributed by atoms with van der Waals surface area (Å²) in [4.78, 5) is 15.5. The van der Waals surface area contributed by atoms with Crippen molar-refractivity contribution in [2.24, 2.45) is 0 Å². The summed E-state index contributed by atoms with van der Waals surface area (Å²) in [5, 5.41) is 10.5. The van der Waals surface area contributed by atoms with Crippen LogP contribution in [0, 0.1) is 24.4 Å². The monoisotopic (exact) mass is 603 g/mol. The second kappa shape index (κ2) is 12.9. The lowest BCUT2D eigenvalue weighted by Gasteiger charge is -2.21. The van der Waals surface area contributed by atoms with Crippen LogP contribution in [-0.2, 0) is 14.2 Å². The summed E-state index contributed by atoms with van der Waals surface area (Å²) in [7, 11) is 1.58. The molecule has 232 valence electrons. The Bertz CT molecular complexity index is 1410. The molecule has 0 spiro atoms. The molecule has 0 saturated carbocycles. The number of carbonyl (C=O) groups is 1. The lowest BCUT2D eigenvalue weighted by atomic mass is 9.94. The van der Waals surface area contributed by atoms with Crippen molar-refractivity contribution >= 4 is 11.8 Å². The van der Waals surface area contributed by atoms with Crippen LogP contribution in [0.4, 0.5) is 23.8 Å². The highest BCUT2D eigenvalue weighted by Gasteiger charge is 2.36. The minimum Gasteiger partial charge on any atom is -0.473 e. The van der Waals surface area contributed by atoms with Crippen molar-refractivity contribution in [1.29, 1.82) is 0 Å². The van der Waals surface area contributed by atoms with E-state index in [4.69, 9.17) is 18.9 Å². The number of nitrogens with one attached hydrogen (secondary N) is 2. The number of amides is 2.